The van der Waals surface area contributed by atoms with E-state index in [4.69, 9.17) is 5.26 Å². The van der Waals surface area contributed by atoms with Gasteiger partial charge in [0.2, 0.25) is 17.7 Å². The van der Waals surface area contributed by atoms with E-state index in [1.165, 1.54) is 4.90 Å². The molecule has 3 saturated heterocycles. The molecule has 0 radical (unpaired) electrons. The minimum absolute atomic E-state index is 0.0347. The molecule has 0 aliphatic carbocycles. The first-order chi connectivity index (χ1) is 13.1. The van der Waals surface area contributed by atoms with Crippen molar-refractivity contribution in [3.05, 3.63) is 35.4 Å². The number of aryl methyl sites for hydroxylation is 1. The van der Waals surface area contributed by atoms with Gasteiger partial charge in [-0.1, -0.05) is 12.1 Å². The van der Waals surface area contributed by atoms with Gasteiger partial charge in [0, 0.05) is 37.4 Å². The quantitative estimate of drug-likeness (QED) is 0.766. The second-order valence-electron chi connectivity index (χ2n) is 7.78. The maximum absolute atomic E-state index is 12.8. The number of benzene rings is 1. The highest BCUT2D eigenvalue weighted by molar-refractivity contribution is 6.02. The number of nitrogens with zero attached hydrogens (tertiary/aromatic N) is 3. The summed E-state index contributed by atoms with van der Waals surface area (Å²) in [6.07, 6.45) is 5.13. The fourth-order valence-corrected chi connectivity index (χ4v) is 4.89. The van der Waals surface area contributed by atoms with Crippen molar-refractivity contribution in [2.75, 3.05) is 0 Å². The van der Waals surface area contributed by atoms with Gasteiger partial charge in [-0.2, -0.15) is 5.26 Å². The van der Waals surface area contributed by atoms with Crippen LogP contribution in [0.5, 0.6) is 0 Å². The van der Waals surface area contributed by atoms with Gasteiger partial charge in [-0.15, -0.1) is 0 Å². The number of amides is 3. The third-order valence-electron chi connectivity index (χ3n) is 6.16. The molecule has 0 aromatic heterocycles. The molecule has 2 bridgehead atoms. The van der Waals surface area contributed by atoms with E-state index in [0.29, 0.717) is 31.2 Å². The highest BCUT2D eigenvalue weighted by atomic mass is 16.2. The Balaban J connectivity index is 1.37. The van der Waals surface area contributed by atoms with Gasteiger partial charge in [0.1, 0.15) is 0 Å². The van der Waals surface area contributed by atoms with Crippen LogP contribution in [0.4, 0.5) is 0 Å². The van der Waals surface area contributed by atoms with E-state index in [9.17, 15) is 14.4 Å². The van der Waals surface area contributed by atoms with Gasteiger partial charge in [-0.3, -0.25) is 19.3 Å². The summed E-state index contributed by atoms with van der Waals surface area (Å²) in [4.78, 5) is 40.4. The van der Waals surface area contributed by atoms with Crippen LogP contribution in [0.2, 0.25) is 0 Å². The summed E-state index contributed by atoms with van der Waals surface area (Å²) in [7, 11) is 0. The maximum Gasteiger partial charge on any atom is 0.229 e. The van der Waals surface area contributed by atoms with Crippen LogP contribution in [-0.2, 0) is 20.8 Å². The zero-order valence-electron chi connectivity index (χ0n) is 15.3. The zero-order valence-corrected chi connectivity index (χ0v) is 15.3. The van der Waals surface area contributed by atoms with Crippen LogP contribution in [0.1, 0.15) is 56.1 Å². The molecule has 6 heteroatoms. The van der Waals surface area contributed by atoms with Crippen LogP contribution in [-0.4, -0.2) is 45.6 Å². The SMILES string of the molecule is N#Cc1ccc(CCC(=O)N2C3CCC2CC(N2C(=O)CCC2=O)C3)cc1. The van der Waals surface area contributed by atoms with E-state index in [1.807, 2.05) is 17.0 Å². The molecule has 3 aliphatic heterocycles. The molecule has 3 heterocycles. The summed E-state index contributed by atoms with van der Waals surface area (Å²) in [6.45, 7) is 0. The summed E-state index contributed by atoms with van der Waals surface area (Å²) >= 11 is 0. The minimum Gasteiger partial charge on any atom is -0.337 e. The first kappa shape index (κ1) is 17.7. The molecule has 0 saturated carbocycles. The monoisotopic (exact) mass is 365 g/mol. The number of imide groups is 1. The van der Waals surface area contributed by atoms with E-state index in [1.54, 1.807) is 12.1 Å². The van der Waals surface area contributed by atoms with Crippen LogP contribution in [0.25, 0.3) is 0 Å². The lowest BCUT2D eigenvalue weighted by molar-refractivity contribution is -0.144. The molecule has 0 spiro atoms. The molecule has 0 N–H and O–H groups in total. The van der Waals surface area contributed by atoms with E-state index in [0.717, 1.165) is 31.2 Å². The van der Waals surface area contributed by atoms with Gasteiger partial charge in [0.05, 0.1) is 11.6 Å². The summed E-state index contributed by atoms with van der Waals surface area (Å²) in [6, 6.07) is 9.70. The van der Waals surface area contributed by atoms with Gasteiger partial charge in [-0.25, -0.2) is 0 Å². The van der Waals surface area contributed by atoms with Crippen LogP contribution >= 0.6 is 0 Å². The summed E-state index contributed by atoms with van der Waals surface area (Å²) in [5.41, 5.74) is 1.68. The molecule has 2 unspecified atom stereocenters. The largest absolute Gasteiger partial charge is 0.337 e. The summed E-state index contributed by atoms with van der Waals surface area (Å²) in [5, 5.41) is 8.86. The number of carbonyl (C=O) groups excluding carboxylic acids is 3. The standard InChI is InChI=1S/C21H23N3O3/c22-13-15-3-1-14(2-4-15)5-8-19(25)23-16-6-7-17(23)12-18(11-16)24-20(26)9-10-21(24)27/h1-4,16-18H,5-12H2. The van der Waals surface area contributed by atoms with Gasteiger partial charge >= 0.3 is 0 Å². The topological polar surface area (TPSA) is 81.5 Å². The van der Waals surface area contributed by atoms with Crippen LogP contribution in [0, 0.1) is 11.3 Å². The van der Waals surface area contributed by atoms with Crippen LogP contribution in [0.3, 0.4) is 0 Å². The number of nitriles is 1. The molecule has 4 rings (SSSR count). The molecule has 140 valence electrons. The molecular formula is C21H23N3O3. The van der Waals surface area contributed by atoms with Crippen molar-refractivity contribution in [3.63, 3.8) is 0 Å². The Morgan fingerprint density at radius 2 is 1.59 bits per heavy atom. The summed E-state index contributed by atoms with van der Waals surface area (Å²) < 4.78 is 0. The predicted molar refractivity (Wildman–Crippen MR) is 97.2 cm³/mol. The molecule has 1 aromatic rings. The number of rotatable bonds is 4. The second-order valence-corrected chi connectivity index (χ2v) is 7.78. The molecule has 1 aromatic carbocycles. The van der Waals surface area contributed by atoms with Crippen molar-refractivity contribution in [2.45, 2.75) is 69.5 Å². The Kier molecular flexibility index (Phi) is 4.69. The van der Waals surface area contributed by atoms with Crippen molar-refractivity contribution in [1.29, 1.82) is 5.26 Å². The average molecular weight is 365 g/mol. The van der Waals surface area contributed by atoms with E-state index in [-0.39, 0.29) is 35.8 Å². The fourth-order valence-electron chi connectivity index (χ4n) is 4.89. The fraction of sp³-hybridized carbons (Fsp3) is 0.524. The van der Waals surface area contributed by atoms with Gasteiger partial charge in [0.25, 0.3) is 0 Å². The third kappa shape index (κ3) is 3.34. The summed E-state index contributed by atoms with van der Waals surface area (Å²) in [5.74, 6) is 0.0550. The lowest BCUT2D eigenvalue weighted by Crippen LogP contribution is -2.53. The number of hydrogen-bond donors (Lipinski definition) is 0. The predicted octanol–water partition coefficient (Wildman–Crippen LogP) is 2.16. The van der Waals surface area contributed by atoms with Gasteiger partial charge in [0.15, 0.2) is 0 Å². The van der Waals surface area contributed by atoms with Crippen molar-refractivity contribution in [3.8, 4) is 6.07 Å². The van der Waals surface area contributed by atoms with E-state index in [2.05, 4.69) is 6.07 Å². The molecule has 6 nitrogen and oxygen atoms in total. The van der Waals surface area contributed by atoms with Crippen LogP contribution in [0.15, 0.2) is 24.3 Å². The van der Waals surface area contributed by atoms with Crippen molar-refractivity contribution >= 4 is 17.7 Å². The molecule has 3 fully saturated rings. The number of piperidine rings is 1. The zero-order chi connectivity index (χ0) is 19.0. The Bertz CT molecular complexity index is 781. The highest BCUT2D eigenvalue weighted by Gasteiger charge is 2.47. The minimum atomic E-state index is -0.0509. The normalized spacial score (nSPS) is 27.1. The number of likely N-dealkylation sites (tertiary alicyclic amines) is 1. The second kappa shape index (κ2) is 7.15. The lowest BCUT2D eigenvalue weighted by Gasteiger charge is -2.41. The first-order valence-corrected chi connectivity index (χ1v) is 9.72. The Labute approximate surface area is 158 Å². The number of fused-ring (bicyclic) bond motifs is 2. The first-order valence-electron chi connectivity index (χ1n) is 9.72. The van der Waals surface area contributed by atoms with E-state index < -0.39 is 0 Å². The Hall–Kier alpha value is -2.68. The van der Waals surface area contributed by atoms with Crippen molar-refractivity contribution < 1.29 is 14.4 Å². The molecule has 27 heavy (non-hydrogen) atoms. The number of hydrogen-bond acceptors (Lipinski definition) is 4. The molecule has 2 atom stereocenters. The Morgan fingerprint density at radius 1 is 1.00 bits per heavy atom. The maximum atomic E-state index is 12.8. The molecular weight excluding hydrogens is 342 g/mol. The third-order valence-corrected chi connectivity index (χ3v) is 6.16. The Morgan fingerprint density at radius 3 is 2.15 bits per heavy atom. The molecule has 3 aliphatic rings. The molecule has 3 amide bonds. The van der Waals surface area contributed by atoms with Crippen molar-refractivity contribution in [1.82, 2.24) is 9.80 Å². The average Bonchev–Trinajstić information content (AvgIpc) is 3.15. The number of carbonyl (C=O) groups is 3. The lowest BCUT2D eigenvalue weighted by atomic mass is 9.95. The highest BCUT2D eigenvalue weighted by Crippen LogP contribution is 2.39. The van der Waals surface area contributed by atoms with Gasteiger partial charge in [-0.05, 0) is 49.8 Å². The van der Waals surface area contributed by atoms with Gasteiger partial charge < -0.3 is 4.90 Å². The van der Waals surface area contributed by atoms with Crippen molar-refractivity contribution in [2.24, 2.45) is 0 Å². The van der Waals surface area contributed by atoms with Crippen LogP contribution < -0.4 is 0 Å². The smallest absolute Gasteiger partial charge is 0.229 e. The van der Waals surface area contributed by atoms with E-state index >= 15 is 0 Å².